The summed E-state index contributed by atoms with van der Waals surface area (Å²) in [6.45, 7) is 1.91. The van der Waals surface area contributed by atoms with E-state index in [-0.39, 0.29) is 0 Å². The molecule has 1 aromatic carbocycles. The number of anilines is 2. The van der Waals surface area contributed by atoms with Gasteiger partial charge in [0.05, 0.1) is 36.2 Å². The maximum absolute atomic E-state index is 6.52. The lowest BCUT2D eigenvalue weighted by Crippen LogP contribution is -2.03. The van der Waals surface area contributed by atoms with Crippen molar-refractivity contribution in [1.29, 1.82) is 0 Å². The smallest absolute Gasteiger partial charge is 0.143 e. The zero-order chi connectivity index (χ0) is 19.4. The number of halogens is 1. The van der Waals surface area contributed by atoms with E-state index >= 15 is 0 Å². The van der Waals surface area contributed by atoms with Crippen molar-refractivity contribution in [3.63, 3.8) is 0 Å². The minimum Gasteiger partial charge on any atom is -0.496 e. The lowest BCUT2D eigenvalue weighted by atomic mass is 10.1. The molecule has 0 aliphatic rings. The Balaban J connectivity index is 2.10. The predicted octanol–water partition coefficient (Wildman–Crippen LogP) is 4.38. The first kappa shape index (κ1) is 19.2. The summed E-state index contributed by atoms with van der Waals surface area (Å²) in [6.07, 6.45) is 6.63. The Morgan fingerprint density at radius 3 is 2.52 bits per heavy atom. The molecule has 0 saturated heterocycles. The van der Waals surface area contributed by atoms with Gasteiger partial charge in [-0.3, -0.25) is 0 Å². The number of nitrogens with zero attached hydrogens (tertiary/aromatic N) is 4. The molecule has 0 spiro atoms. The quantitative estimate of drug-likeness (QED) is 0.479. The van der Waals surface area contributed by atoms with E-state index in [1.54, 1.807) is 26.5 Å². The van der Waals surface area contributed by atoms with Gasteiger partial charge in [0.25, 0.3) is 0 Å². The second kappa shape index (κ2) is 8.41. The Morgan fingerprint density at radius 2 is 1.81 bits per heavy atom. The maximum atomic E-state index is 6.52. The molecule has 9 heteroatoms. The minimum atomic E-state index is 0.438. The summed E-state index contributed by atoms with van der Waals surface area (Å²) >= 11 is 8.06. The zero-order valence-electron chi connectivity index (χ0n) is 15.3. The van der Waals surface area contributed by atoms with E-state index in [1.165, 1.54) is 24.4 Å². The fourth-order valence-electron chi connectivity index (χ4n) is 2.54. The molecule has 0 bridgehead atoms. The van der Waals surface area contributed by atoms with Crippen molar-refractivity contribution in [2.45, 2.75) is 11.9 Å². The molecular formula is C18H18ClN5O2S. The van der Waals surface area contributed by atoms with Gasteiger partial charge in [-0.1, -0.05) is 11.6 Å². The topological polar surface area (TPSA) is 82.0 Å². The van der Waals surface area contributed by atoms with Crippen LogP contribution in [-0.4, -0.2) is 40.4 Å². The van der Waals surface area contributed by atoms with Crippen LogP contribution in [-0.2, 0) is 0 Å². The molecule has 0 radical (unpaired) electrons. The van der Waals surface area contributed by atoms with Crippen LogP contribution in [0, 0.1) is 6.92 Å². The van der Waals surface area contributed by atoms with Crippen LogP contribution in [0.4, 0.5) is 11.5 Å². The predicted molar refractivity (Wildman–Crippen MR) is 107 cm³/mol. The molecule has 3 aromatic rings. The highest BCUT2D eigenvalue weighted by Gasteiger charge is 2.18. The van der Waals surface area contributed by atoms with E-state index in [0.29, 0.717) is 33.7 Å². The average molecular weight is 404 g/mol. The molecule has 0 fully saturated rings. The van der Waals surface area contributed by atoms with E-state index in [9.17, 15) is 0 Å². The summed E-state index contributed by atoms with van der Waals surface area (Å²) in [5, 5.41) is 4.58. The monoisotopic (exact) mass is 403 g/mol. The molecular weight excluding hydrogens is 386 g/mol. The molecule has 1 N–H and O–H groups in total. The van der Waals surface area contributed by atoms with Crippen molar-refractivity contribution < 1.29 is 9.47 Å². The number of thioether (sulfide) groups is 1. The summed E-state index contributed by atoms with van der Waals surface area (Å²) in [7, 11) is 3.15. The van der Waals surface area contributed by atoms with Crippen LogP contribution in [0.15, 0.2) is 36.0 Å². The van der Waals surface area contributed by atoms with Gasteiger partial charge in [0, 0.05) is 17.8 Å². The number of hydrogen-bond donors (Lipinski definition) is 1. The maximum Gasteiger partial charge on any atom is 0.143 e. The van der Waals surface area contributed by atoms with Crippen LogP contribution in [0.3, 0.4) is 0 Å². The molecule has 2 heterocycles. The summed E-state index contributed by atoms with van der Waals surface area (Å²) in [6, 6.07) is 3.63. The Hall–Kier alpha value is -2.58. The van der Waals surface area contributed by atoms with Gasteiger partial charge in [-0.25, -0.2) is 19.9 Å². The summed E-state index contributed by atoms with van der Waals surface area (Å²) in [5.41, 5.74) is 2.92. The number of hydrogen-bond acceptors (Lipinski definition) is 8. The molecule has 2 aromatic heterocycles. The van der Waals surface area contributed by atoms with Crippen LogP contribution >= 0.6 is 23.4 Å². The van der Waals surface area contributed by atoms with Crippen molar-refractivity contribution >= 4 is 34.9 Å². The fraction of sp³-hybridized carbons (Fsp3) is 0.222. The molecule has 7 nitrogen and oxygen atoms in total. The SMILES string of the molecule is COc1cc(OC)c(Cl)c(Nc2ncncc2-c2cc(SC)ncn2)c1C. The van der Waals surface area contributed by atoms with Gasteiger partial charge in [0.1, 0.15) is 35.0 Å². The average Bonchev–Trinajstić information content (AvgIpc) is 2.71. The third kappa shape index (κ3) is 3.91. The van der Waals surface area contributed by atoms with E-state index in [1.807, 2.05) is 19.2 Å². The Labute approximate surface area is 166 Å². The minimum absolute atomic E-state index is 0.438. The molecule has 140 valence electrons. The normalized spacial score (nSPS) is 10.6. The Morgan fingerprint density at radius 1 is 1.04 bits per heavy atom. The number of aromatic nitrogens is 4. The molecule has 0 aliphatic carbocycles. The zero-order valence-corrected chi connectivity index (χ0v) is 16.9. The van der Waals surface area contributed by atoms with Crippen LogP contribution in [0.5, 0.6) is 11.5 Å². The lowest BCUT2D eigenvalue weighted by Gasteiger charge is -2.18. The first-order valence-electron chi connectivity index (χ1n) is 7.93. The number of rotatable bonds is 6. The van der Waals surface area contributed by atoms with Crippen molar-refractivity contribution in [3.05, 3.63) is 41.6 Å². The van der Waals surface area contributed by atoms with E-state index in [2.05, 4.69) is 25.3 Å². The van der Waals surface area contributed by atoms with Crippen LogP contribution in [0.2, 0.25) is 5.02 Å². The highest BCUT2D eigenvalue weighted by atomic mass is 35.5. The summed E-state index contributed by atoms with van der Waals surface area (Å²) < 4.78 is 10.8. The first-order valence-corrected chi connectivity index (χ1v) is 9.53. The number of methoxy groups -OCH3 is 2. The molecule has 0 amide bonds. The molecule has 0 saturated carbocycles. The van der Waals surface area contributed by atoms with Gasteiger partial charge in [0.2, 0.25) is 0 Å². The molecule has 0 atom stereocenters. The number of nitrogens with one attached hydrogen (secondary N) is 1. The van der Waals surface area contributed by atoms with Gasteiger partial charge >= 0.3 is 0 Å². The lowest BCUT2D eigenvalue weighted by molar-refractivity contribution is 0.393. The van der Waals surface area contributed by atoms with Crippen molar-refractivity contribution in [1.82, 2.24) is 19.9 Å². The summed E-state index contributed by atoms with van der Waals surface area (Å²) in [4.78, 5) is 17.1. The van der Waals surface area contributed by atoms with Crippen molar-refractivity contribution in [2.75, 3.05) is 25.8 Å². The second-order valence-corrected chi connectivity index (χ2v) is 6.66. The molecule has 0 aliphatic heterocycles. The Bertz CT molecular complexity index is 942. The van der Waals surface area contributed by atoms with Crippen LogP contribution < -0.4 is 14.8 Å². The van der Waals surface area contributed by atoms with E-state index < -0.39 is 0 Å². The number of benzene rings is 1. The Kier molecular flexibility index (Phi) is 5.98. The summed E-state index contributed by atoms with van der Waals surface area (Å²) in [5.74, 6) is 1.72. The van der Waals surface area contributed by atoms with Crippen molar-refractivity contribution in [2.24, 2.45) is 0 Å². The van der Waals surface area contributed by atoms with Crippen LogP contribution in [0.1, 0.15) is 5.56 Å². The third-order valence-corrected chi connectivity index (χ3v) is 4.98. The second-order valence-electron chi connectivity index (χ2n) is 5.45. The van der Waals surface area contributed by atoms with Gasteiger partial charge in [-0.2, -0.15) is 0 Å². The number of ether oxygens (including phenoxy) is 2. The third-order valence-electron chi connectivity index (χ3n) is 3.97. The van der Waals surface area contributed by atoms with Gasteiger partial charge < -0.3 is 14.8 Å². The largest absolute Gasteiger partial charge is 0.496 e. The van der Waals surface area contributed by atoms with Crippen molar-refractivity contribution in [3.8, 4) is 22.8 Å². The fourth-order valence-corrected chi connectivity index (χ4v) is 3.25. The molecule has 3 rings (SSSR count). The standard InChI is InChI=1S/C18H18ClN5O2S/c1-10-13(25-2)6-14(26-3)16(19)17(10)24-18-11(7-20-8-23-18)12-5-15(27-4)22-9-21-12/h5-9H,1-4H3,(H,20,23,24). The molecule has 27 heavy (non-hydrogen) atoms. The highest BCUT2D eigenvalue weighted by molar-refractivity contribution is 7.98. The van der Waals surface area contributed by atoms with E-state index in [0.717, 1.165) is 16.2 Å². The van der Waals surface area contributed by atoms with Crippen LogP contribution in [0.25, 0.3) is 11.3 Å². The van der Waals surface area contributed by atoms with Gasteiger partial charge in [-0.15, -0.1) is 11.8 Å². The van der Waals surface area contributed by atoms with Gasteiger partial charge in [-0.05, 0) is 19.2 Å². The molecule has 0 unspecified atom stereocenters. The highest BCUT2D eigenvalue weighted by Crippen LogP contribution is 2.42. The first-order chi connectivity index (χ1) is 13.1. The van der Waals surface area contributed by atoms with E-state index in [4.69, 9.17) is 21.1 Å². The van der Waals surface area contributed by atoms with Gasteiger partial charge in [0.15, 0.2) is 0 Å².